The Hall–Kier alpha value is -3.22. The molecule has 2 aromatic rings. The van der Waals surface area contributed by atoms with Gasteiger partial charge < -0.3 is 25.4 Å². The third-order valence-corrected chi connectivity index (χ3v) is 4.70. The number of amides is 1. The lowest BCUT2D eigenvalue weighted by atomic mass is 9.98. The van der Waals surface area contributed by atoms with Crippen LogP contribution in [-0.4, -0.2) is 43.5 Å². The maximum absolute atomic E-state index is 12.7. The van der Waals surface area contributed by atoms with Crippen LogP contribution in [0.5, 0.6) is 11.5 Å². The van der Waals surface area contributed by atoms with Crippen molar-refractivity contribution in [2.75, 3.05) is 37.8 Å². The first-order chi connectivity index (χ1) is 13.5. The number of carbonyl (C=O) groups excluding carboxylic acids is 2. The maximum Gasteiger partial charge on any atom is 0.307 e. The number of nitrogens with two attached hydrogens (primary N) is 1. The van der Waals surface area contributed by atoms with E-state index < -0.39 is 0 Å². The lowest BCUT2D eigenvalue weighted by Gasteiger charge is -2.28. The first-order valence-corrected chi connectivity index (χ1v) is 9.35. The second kappa shape index (κ2) is 8.65. The van der Waals surface area contributed by atoms with Gasteiger partial charge >= 0.3 is 5.97 Å². The molecule has 0 saturated carbocycles. The molecule has 2 aromatic carbocycles. The van der Waals surface area contributed by atoms with Gasteiger partial charge in [0, 0.05) is 25.7 Å². The molecule has 3 rings (SSSR count). The van der Waals surface area contributed by atoms with E-state index in [4.69, 9.17) is 15.2 Å². The minimum Gasteiger partial charge on any atom is -0.466 e. The molecule has 7 heteroatoms. The highest BCUT2D eigenvalue weighted by molar-refractivity contribution is 5.97. The van der Waals surface area contributed by atoms with Gasteiger partial charge in [0.05, 0.1) is 24.4 Å². The van der Waals surface area contributed by atoms with Crippen molar-refractivity contribution in [3.8, 4) is 11.5 Å². The van der Waals surface area contributed by atoms with Crippen molar-refractivity contribution in [3.63, 3.8) is 0 Å². The zero-order valence-corrected chi connectivity index (χ0v) is 16.2. The molecule has 3 N–H and O–H groups in total. The van der Waals surface area contributed by atoms with Gasteiger partial charge in [-0.2, -0.15) is 0 Å². The largest absolute Gasteiger partial charge is 0.466 e. The highest BCUT2D eigenvalue weighted by Gasteiger charge is 2.25. The van der Waals surface area contributed by atoms with Gasteiger partial charge in [-0.15, -0.1) is 0 Å². The van der Waals surface area contributed by atoms with E-state index in [9.17, 15) is 9.59 Å². The quantitative estimate of drug-likeness (QED) is 0.564. The monoisotopic (exact) mass is 383 g/mol. The zero-order chi connectivity index (χ0) is 20.1. The molecular weight excluding hydrogens is 358 g/mol. The summed E-state index contributed by atoms with van der Waals surface area (Å²) in [4.78, 5) is 25.9. The number of anilines is 2. The average Bonchev–Trinajstić information content (AvgIpc) is 2.69. The predicted molar refractivity (Wildman–Crippen MR) is 108 cm³/mol. The summed E-state index contributed by atoms with van der Waals surface area (Å²) in [5, 5.41) is 3.02. The predicted octanol–water partition coefficient (Wildman–Crippen LogP) is 3.05. The molecular formula is C21H25N3O4. The number of nitrogen functional groups attached to an aromatic ring is 1. The van der Waals surface area contributed by atoms with E-state index in [1.54, 1.807) is 37.1 Å². The SMILES string of the molecule is CCOC(=O)CCN1CCc2cc(Oc3cccc(NC)c3N)ccc2C1=O. The van der Waals surface area contributed by atoms with Crippen LogP contribution in [0.4, 0.5) is 11.4 Å². The fraction of sp³-hybridized carbons (Fsp3) is 0.333. The molecule has 0 spiro atoms. The van der Waals surface area contributed by atoms with E-state index in [0.29, 0.717) is 48.9 Å². The number of hydrogen-bond donors (Lipinski definition) is 2. The molecule has 1 aliphatic heterocycles. The van der Waals surface area contributed by atoms with E-state index in [0.717, 1.165) is 11.3 Å². The first kappa shape index (κ1) is 19.5. The van der Waals surface area contributed by atoms with Crippen LogP contribution < -0.4 is 15.8 Å². The molecule has 0 saturated heterocycles. The molecule has 28 heavy (non-hydrogen) atoms. The molecule has 1 aliphatic rings. The Labute approximate surface area is 164 Å². The summed E-state index contributed by atoms with van der Waals surface area (Å²) in [5.41, 5.74) is 9.01. The first-order valence-electron chi connectivity index (χ1n) is 9.35. The Morgan fingerprint density at radius 1 is 1.29 bits per heavy atom. The minimum absolute atomic E-state index is 0.0752. The second-order valence-electron chi connectivity index (χ2n) is 6.49. The Morgan fingerprint density at radius 2 is 2.11 bits per heavy atom. The van der Waals surface area contributed by atoms with E-state index >= 15 is 0 Å². The number of nitrogens with one attached hydrogen (secondary N) is 1. The number of para-hydroxylation sites is 1. The Bertz CT molecular complexity index is 882. The molecule has 7 nitrogen and oxygen atoms in total. The normalized spacial score (nSPS) is 13.1. The van der Waals surface area contributed by atoms with Gasteiger partial charge in [-0.3, -0.25) is 9.59 Å². The summed E-state index contributed by atoms with van der Waals surface area (Å²) >= 11 is 0. The van der Waals surface area contributed by atoms with Crippen LogP contribution in [0, 0.1) is 0 Å². The Morgan fingerprint density at radius 3 is 2.86 bits per heavy atom. The number of ether oxygens (including phenoxy) is 2. The number of nitrogens with zero attached hydrogens (tertiary/aromatic N) is 1. The van der Waals surface area contributed by atoms with Crippen LogP contribution >= 0.6 is 0 Å². The summed E-state index contributed by atoms with van der Waals surface area (Å²) in [7, 11) is 1.80. The van der Waals surface area contributed by atoms with Gasteiger partial charge in [0.25, 0.3) is 5.91 Å². The highest BCUT2D eigenvalue weighted by atomic mass is 16.5. The molecule has 1 heterocycles. The molecule has 0 aromatic heterocycles. The summed E-state index contributed by atoms with van der Waals surface area (Å²) in [6.07, 6.45) is 0.907. The van der Waals surface area contributed by atoms with E-state index in [-0.39, 0.29) is 18.3 Å². The molecule has 148 valence electrons. The van der Waals surface area contributed by atoms with Gasteiger partial charge in [0.1, 0.15) is 5.75 Å². The van der Waals surface area contributed by atoms with E-state index in [2.05, 4.69) is 5.32 Å². The molecule has 1 amide bonds. The van der Waals surface area contributed by atoms with Crippen molar-refractivity contribution in [3.05, 3.63) is 47.5 Å². The third kappa shape index (κ3) is 4.19. The van der Waals surface area contributed by atoms with Crippen LogP contribution in [0.25, 0.3) is 0 Å². The third-order valence-electron chi connectivity index (χ3n) is 4.70. The second-order valence-corrected chi connectivity index (χ2v) is 6.49. The van der Waals surface area contributed by atoms with Crippen molar-refractivity contribution in [2.45, 2.75) is 19.8 Å². The van der Waals surface area contributed by atoms with Gasteiger partial charge in [-0.1, -0.05) is 6.07 Å². The Kier molecular flexibility index (Phi) is 6.03. The van der Waals surface area contributed by atoms with Crippen molar-refractivity contribution in [1.29, 1.82) is 0 Å². The van der Waals surface area contributed by atoms with Gasteiger partial charge in [0.15, 0.2) is 5.75 Å². The topological polar surface area (TPSA) is 93.9 Å². The van der Waals surface area contributed by atoms with Gasteiger partial charge in [0.2, 0.25) is 0 Å². The van der Waals surface area contributed by atoms with Crippen molar-refractivity contribution < 1.29 is 19.1 Å². The minimum atomic E-state index is -0.286. The number of hydrogen-bond acceptors (Lipinski definition) is 6. The number of carbonyl (C=O) groups is 2. The fourth-order valence-corrected chi connectivity index (χ4v) is 3.23. The number of benzene rings is 2. The van der Waals surface area contributed by atoms with Crippen LogP contribution in [0.15, 0.2) is 36.4 Å². The smallest absolute Gasteiger partial charge is 0.307 e. The van der Waals surface area contributed by atoms with Crippen LogP contribution in [-0.2, 0) is 16.0 Å². The fourth-order valence-electron chi connectivity index (χ4n) is 3.23. The molecule has 0 radical (unpaired) electrons. The van der Waals surface area contributed by atoms with E-state index in [1.165, 1.54) is 0 Å². The average molecular weight is 383 g/mol. The Balaban J connectivity index is 1.71. The number of esters is 1. The van der Waals surface area contributed by atoms with Gasteiger partial charge in [-0.05, 0) is 49.2 Å². The van der Waals surface area contributed by atoms with Crippen LogP contribution in [0.2, 0.25) is 0 Å². The molecule has 0 bridgehead atoms. The zero-order valence-electron chi connectivity index (χ0n) is 16.2. The molecule has 0 unspecified atom stereocenters. The molecule has 0 atom stereocenters. The molecule has 0 aliphatic carbocycles. The van der Waals surface area contributed by atoms with Crippen LogP contribution in [0.3, 0.4) is 0 Å². The lowest BCUT2D eigenvalue weighted by Crippen LogP contribution is -2.39. The summed E-state index contributed by atoms with van der Waals surface area (Å²) in [6, 6.07) is 10.9. The van der Waals surface area contributed by atoms with Crippen molar-refractivity contribution in [2.24, 2.45) is 0 Å². The number of rotatable bonds is 7. The van der Waals surface area contributed by atoms with Gasteiger partial charge in [-0.25, -0.2) is 0 Å². The summed E-state index contributed by atoms with van der Waals surface area (Å²) < 4.78 is 10.9. The van der Waals surface area contributed by atoms with Crippen molar-refractivity contribution in [1.82, 2.24) is 4.90 Å². The molecule has 0 fully saturated rings. The van der Waals surface area contributed by atoms with Crippen LogP contribution in [0.1, 0.15) is 29.3 Å². The standard InChI is InChI=1S/C21H25N3O4/c1-3-27-19(25)10-12-24-11-9-14-13-15(7-8-16(14)21(24)26)28-18-6-4-5-17(23-2)20(18)22/h4-8,13,23H,3,9-12,22H2,1-2H3. The number of fused-ring (bicyclic) bond motifs is 1. The lowest BCUT2D eigenvalue weighted by molar-refractivity contribution is -0.143. The highest BCUT2D eigenvalue weighted by Crippen LogP contribution is 2.34. The summed E-state index contributed by atoms with van der Waals surface area (Å²) in [6.45, 7) is 3.04. The maximum atomic E-state index is 12.7. The van der Waals surface area contributed by atoms with E-state index in [1.807, 2.05) is 18.2 Å². The summed E-state index contributed by atoms with van der Waals surface area (Å²) in [5.74, 6) is 0.830. The van der Waals surface area contributed by atoms with Crippen molar-refractivity contribution >= 4 is 23.3 Å².